The van der Waals surface area contributed by atoms with Crippen molar-refractivity contribution in [3.63, 3.8) is 0 Å². The average Bonchev–Trinajstić information content (AvgIpc) is 0.985. The zero-order chi connectivity index (χ0) is 78.3. The number of hydrogen-bond acceptors (Lipinski definition) is 8. The van der Waals surface area contributed by atoms with Gasteiger partial charge in [0.1, 0.15) is 0 Å². The number of nitrogens with zero attached hydrogens (tertiary/aromatic N) is 4. The molecular formula is C94H176N10O4. The number of hydrogen-bond donors (Lipinski definition) is 6. The van der Waals surface area contributed by atoms with E-state index in [1.54, 1.807) is 0 Å². The highest BCUT2D eigenvalue weighted by atomic mass is 16.2. The van der Waals surface area contributed by atoms with Crippen molar-refractivity contribution in [1.82, 2.24) is 40.9 Å². The van der Waals surface area contributed by atoms with Crippen molar-refractivity contribution in [3.05, 3.63) is 97.2 Å². The van der Waals surface area contributed by atoms with E-state index in [1.807, 2.05) is 9.80 Å². The van der Waals surface area contributed by atoms with E-state index < -0.39 is 0 Å². The van der Waals surface area contributed by atoms with Crippen LogP contribution in [0.1, 0.15) is 374 Å². The molecule has 14 nitrogen and oxygen atoms in total. The molecule has 0 atom stereocenters. The summed E-state index contributed by atoms with van der Waals surface area (Å²) in [4.78, 5) is 62.5. The van der Waals surface area contributed by atoms with Crippen LogP contribution in [0.5, 0.6) is 0 Å². The van der Waals surface area contributed by atoms with Gasteiger partial charge >= 0.3 is 12.1 Å². The average molecular weight is 1510 g/mol. The number of nitrogens with two attached hydrogens (primary N) is 2. The number of allylic oxidation sites excluding steroid dienone is 16. The molecule has 0 aliphatic heterocycles. The topological polar surface area (TPSA) is 181 Å². The van der Waals surface area contributed by atoms with Gasteiger partial charge in [0.2, 0.25) is 11.8 Å². The van der Waals surface area contributed by atoms with Gasteiger partial charge in [0.05, 0.1) is 13.1 Å². The second-order valence-corrected chi connectivity index (χ2v) is 30.7. The van der Waals surface area contributed by atoms with Gasteiger partial charge in [-0.05, 0) is 245 Å². The molecule has 0 fully saturated rings. The Balaban J connectivity index is 5.07. The molecule has 6 amide bonds. The molecule has 0 aromatic carbocycles. The summed E-state index contributed by atoms with van der Waals surface area (Å²) in [5, 5.41) is 11.9. The monoisotopic (exact) mass is 1510 g/mol. The minimum absolute atomic E-state index is 0.0114. The predicted molar refractivity (Wildman–Crippen MR) is 472 cm³/mol. The van der Waals surface area contributed by atoms with E-state index in [0.29, 0.717) is 26.2 Å². The minimum Gasteiger partial charge on any atom is -0.341 e. The van der Waals surface area contributed by atoms with Crippen LogP contribution in [-0.2, 0) is 9.59 Å². The maximum absolute atomic E-state index is 13.7. The third kappa shape index (κ3) is 77.9. The number of carbonyl (C=O) groups is 4. The number of rotatable bonds is 83. The molecule has 0 unspecified atom stereocenters. The van der Waals surface area contributed by atoms with E-state index in [0.717, 1.165) is 207 Å². The Morgan fingerprint density at radius 3 is 0.676 bits per heavy atom. The van der Waals surface area contributed by atoms with Gasteiger partial charge in [-0.15, -0.1) is 0 Å². The van der Waals surface area contributed by atoms with Crippen molar-refractivity contribution in [1.29, 1.82) is 0 Å². The molecule has 0 bridgehead atoms. The van der Waals surface area contributed by atoms with E-state index in [4.69, 9.17) is 11.5 Å². The van der Waals surface area contributed by atoms with Gasteiger partial charge in [-0.2, -0.15) is 0 Å². The molecule has 0 saturated carbocycles. The van der Waals surface area contributed by atoms with Crippen molar-refractivity contribution < 1.29 is 19.2 Å². The molecule has 8 N–H and O–H groups in total. The fourth-order valence-electron chi connectivity index (χ4n) is 13.5. The molecule has 0 heterocycles. The third-order valence-corrected chi connectivity index (χ3v) is 20.4. The first-order valence-corrected chi connectivity index (χ1v) is 45.9. The number of nitrogens with one attached hydrogen (secondary N) is 4. The second-order valence-electron chi connectivity index (χ2n) is 30.7. The smallest absolute Gasteiger partial charge is 0.315 e. The Kier molecular flexibility index (Phi) is 83.9. The van der Waals surface area contributed by atoms with E-state index >= 15 is 0 Å². The summed E-state index contributed by atoms with van der Waals surface area (Å²) in [5.41, 5.74) is 12.0. The van der Waals surface area contributed by atoms with Crippen molar-refractivity contribution >= 4 is 23.9 Å². The highest BCUT2D eigenvalue weighted by Gasteiger charge is 2.17. The summed E-state index contributed by atoms with van der Waals surface area (Å²) in [5.74, 6) is 0.0229. The first-order valence-electron chi connectivity index (χ1n) is 45.9. The lowest BCUT2D eigenvalue weighted by Gasteiger charge is -2.25. The van der Waals surface area contributed by atoms with Crippen molar-refractivity contribution in [2.75, 3.05) is 105 Å². The SMILES string of the molecule is CCCCC/C=C\C/C=C\CCCCCCCCN(CCCCCCCC/C=C\C/C=C\CCCCC)C(=O)CNC(=O)NCCCN(CCCN)CCCCN(CCCN)CCCNC(=O)NCC(=O)N(CCCCCCCC/C=C\C/C=C\CCCCC)CCCCCCCC/C=C\C/C=C\CCCCC. The lowest BCUT2D eigenvalue weighted by Crippen LogP contribution is -2.45. The maximum atomic E-state index is 13.7. The predicted octanol–water partition coefficient (Wildman–Crippen LogP) is 23.4. The van der Waals surface area contributed by atoms with Crippen LogP contribution < -0.4 is 32.7 Å². The molecule has 0 rings (SSSR count). The van der Waals surface area contributed by atoms with Crippen LogP contribution in [0.4, 0.5) is 9.59 Å². The molecule has 0 saturated heterocycles. The molecule has 0 aromatic rings. The summed E-state index contributed by atoms with van der Waals surface area (Å²) in [6.45, 7) is 19.8. The second kappa shape index (κ2) is 87.8. The summed E-state index contributed by atoms with van der Waals surface area (Å²) in [6.07, 6.45) is 100.0. The van der Waals surface area contributed by atoms with Gasteiger partial charge in [0.25, 0.3) is 0 Å². The molecule has 0 aromatic heterocycles. The van der Waals surface area contributed by atoms with Crippen molar-refractivity contribution in [3.8, 4) is 0 Å². The van der Waals surface area contributed by atoms with E-state index in [-0.39, 0.29) is 37.0 Å². The highest BCUT2D eigenvalue weighted by molar-refractivity contribution is 5.84. The van der Waals surface area contributed by atoms with Crippen LogP contribution in [-0.4, -0.2) is 148 Å². The lowest BCUT2D eigenvalue weighted by molar-refractivity contribution is -0.131. The zero-order valence-corrected chi connectivity index (χ0v) is 71.3. The molecule has 626 valence electrons. The van der Waals surface area contributed by atoms with Crippen LogP contribution in [0.25, 0.3) is 0 Å². The molecule has 0 aliphatic rings. The van der Waals surface area contributed by atoms with Crippen LogP contribution in [0.2, 0.25) is 0 Å². The largest absolute Gasteiger partial charge is 0.341 e. The Morgan fingerprint density at radius 2 is 0.435 bits per heavy atom. The quantitative estimate of drug-likeness (QED) is 0.0257. The Morgan fingerprint density at radius 1 is 0.231 bits per heavy atom. The zero-order valence-electron chi connectivity index (χ0n) is 71.3. The number of amides is 6. The van der Waals surface area contributed by atoms with E-state index in [9.17, 15) is 19.2 Å². The normalized spacial score (nSPS) is 12.2. The van der Waals surface area contributed by atoms with Gasteiger partial charge in [0, 0.05) is 39.3 Å². The van der Waals surface area contributed by atoms with Gasteiger partial charge in [-0.3, -0.25) is 9.59 Å². The number of urea groups is 2. The fraction of sp³-hybridized carbons (Fsp3) is 0.787. The van der Waals surface area contributed by atoms with Crippen LogP contribution in [0, 0.1) is 0 Å². The summed E-state index contributed by atoms with van der Waals surface area (Å²) >= 11 is 0. The fourth-order valence-corrected chi connectivity index (χ4v) is 13.5. The van der Waals surface area contributed by atoms with Crippen LogP contribution in [0.15, 0.2) is 97.2 Å². The third-order valence-electron chi connectivity index (χ3n) is 20.4. The molecule has 0 radical (unpaired) electrons. The lowest BCUT2D eigenvalue weighted by atomic mass is 10.1. The summed E-state index contributed by atoms with van der Waals surface area (Å²) < 4.78 is 0. The molecule has 0 spiro atoms. The van der Waals surface area contributed by atoms with Crippen molar-refractivity contribution in [2.45, 2.75) is 374 Å². The first kappa shape index (κ1) is 103. The van der Waals surface area contributed by atoms with E-state index in [1.165, 1.54) is 205 Å². The van der Waals surface area contributed by atoms with Gasteiger partial charge < -0.3 is 52.3 Å². The summed E-state index contributed by atoms with van der Waals surface area (Å²) in [6, 6.07) is -0.571. The maximum Gasteiger partial charge on any atom is 0.315 e. The Hall–Kier alpha value is -4.76. The van der Waals surface area contributed by atoms with Gasteiger partial charge in [-0.25, -0.2) is 9.59 Å². The minimum atomic E-state index is -0.286. The Bertz CT molecular complexity index is 1950. The number of carbonyl (C=O) groups excluding carboxylic acids is 4. The first-order chi connectivity index (χ1) is 53.3. The molecule has 0 aliphatic carbocycles. The van der Waals surface area contributed by atoms with Gasteiger partial charge in [0.15, 0.2) is 0 Å². The van der Waals surface area contributed by atoms with Crippen LogP contribution in [0.3, 0.4) is 0 Å². The van der Waals surface area contributed by atoms with Gasteiger partial charge in [-0.1, -0.05) is 279 Å². The molecular weight excluding hydrogens is 1330 g/mol. The molecule has 108 heavy (non-hydrogen) atoms. The number of unbranched alkanes of at least 4 members (excludes halogenated alkanes) is 37. The van der Waals surface area contributed by atoms with Crippen molar-refractivity contribution in [2.24, 2.45) is 11.5 Å². The Labute approximate surface area is 668 Å². The van der Waals surface area contributed by atoms with E-state index in [2.05, 4.69) is 156 Å². The highest BCUT2D eigenvalue weighted by Crippen LogP contribution is 2.16. The standard InChI is InChI=1S/C94H176N10O4/c1-5-9-13-17-21-25-29-33-37-41-45-49-53-57-61-65-85-103(86-66-62-58-54-50-46-42-38-34-30-26-22-18-14-10-6-2)91(105)89-99-93(107)97-77-73-83-101(81-71-75-95)79-69-70-80-102(82-72-76-96)84-74-78-98-94(108)100-90-92(106)104(87-67-63-59-55-51-47-43-39-35-31-27-23-19-15-11-7-3)88-68-64-60-56-52-48-44-40-36-32-28-24-20-16-12-8-4/h21-28,33-40H,5-20,29-32,41-90,95-96H2,1-4H3,(H2,97,99,107)(H2,98,100,108)/b25-21-,26-22-,27-23-,28-24-,37-33-,38-34-,39-35-,40-36-. The molecule has 14 heteroatoms. The summed E-state index contributed by atoms with van der Waals surface area (Å²) in [7, 11) is 0. The van der Waals surface area contributed by atoms with Crippen LogP contribution >= 0.6 is 0 Å².